The summed E-state index contributed by atoms with van der Waals surface area (Å²) in [7, 11) is 0. The molecule has 0 fully saturated rings. The average Bonchev–Trinajstić information content (AvgIpc) is 2.46. The van der Waals surface area contributed by atoms with Crippen molar-refractivity contribution in [3.05, 3.63) is 76.8 Å². The predicted molar refractivity (Wildman–Crippen MR) is 79.2 cm³/mol. The molecule has 0 saturated carbocycles. The quantitative estimate of drug-likeness (QED) is 0.771. The Morgan fingerprint density at radius 3 is 2.75 bits per heavy atom. The molecule has 1 unspecified atom stereocenters. The van der Waals surface area contributed by atoms with Gasteiger partial charge in [-0.15, -0.1) is 0 Å². The molecule has 0 radical (unpaired) electrons. The van der Waals surface area contributed by atoms with Crippen LogP contribution >= 0.6 is 11.6 Å². The van der Waals surface area contributed by atoms with Gasteiger partial charge in [-0.3, -0.25) is 4.98 Å². The molecule has 2 nitrogen and oxygen atoms in total. The first-order valence-corrected chi connectivity index (χ1v) is 6.58. The Bertz CT molecular complexity index is 768. The number of hydrogen-bond acceptors (Lipinski definition) is 2. The molecule has 3 aromatic rings. The molecule has 1 heterocycles. The summed E-state index contributed by atoms with van der Waals surface area (Å²) in [5.41, 5.74) is 7.95. The van der Waals surface area contributed by atoms with Crippen molar-refractivity contribution in [3.63, 3.8) is 0 Å². The highest BCUT2D eigenvalue weighted by Crippen LogP contribution is 2.31. The summed E-state index contributed by atoms with van der Waals surface area (Å²) in [5, 5.41) is 2.37. The van der Waals surface area contributed by atoms with Gasteiger partial charge in [-0.25, -0.2) is 4.39 Å². The third-order valence-electron chi connectivity index (χ3n) is 3.35. The Morgan fingerprint density at radius 2 is 1.95 bits per heavy atom. The van der Waals surface area contributed by atoms with Crippen LogP contribution in [-0.2, 0) is 0 Å². The maximum atomic E-state index is 13.1. The molecule has 0 aliphatic rings. The molecule has 100 valence electrons. The molecule has 2 N–H and O–H groups in total. The zero-order valence-corrected chi connectivity index (χ0v) is 11.3. The number of halogens is 2. The number of hydrogen-bond donors (Lipinski definition) is 1. The number of nitrogens with zero attached hydrogens (tertiary/aromatic N) is 1. The van der Waals surface area contributed by atoms with E-state index in [4.69, 9.17) is 17.3 Å². The lowest BCUT2D eigenvalue weighted by Crippen LogP contribution is -2.13. The highest BCUT2D eigenvalue weighted by Gasteiger charge is 2.15. The van der Waals surface area contributed by atoms with Gasteiger partial charge in [0.2, 0.25) is 0 Å². The molecule has 1 atom stereocenters. The Kier molecular flexibility index (Phi) is 3.38. The molecule has 0 amide bonds. The normalized spacial score (nSPS) is 12.6. The van der Waals surface area contributed by atoms with Gasteiger partial charge >= 0.3 is 0 Å². The smallest absolute Gasteiger partial charge is 0.124 e. The summed E-state index contributed by atoms with van der Waals surface area (Å²) in [4.78, 5) is 4.10. The fraction of sp³-hybridized carbons (Fsp3) is 0.0625. The maximum Gasteiger partial charge on any atom is 0.124 e. The van der Waals surface area contributed by atoms with Gasteiger partial charge in [0.25, 0.3) is 0 Å². The van der Waals surface area contributed by atoms with Crippen LogP contribution in [0.4, 0.5) is 4.39 Å². The van der Waals surface area contributed by atoms with E-state index < -0.39 is 6.04 Å². The Morgan fingerprint density at radius 1 is 1.10 bits per heavy atom. The van der Waals surface area contributed by atoms with Crippen molar-refractivity contribution in [2.24, 2.45) is 5.73 Å². The van der Waals surface area contributed by atoms with Crippen molar-refractivity contribution in [2.45, 2.75) is 6.04 Å². The summed E-state index contributed by atoms with van der Waals surface area (Å²) in [6, 6.07) is 11.6. The zero-order valence-electron chi connectivity index (χ0n) is 10.6. The topological polar surface area (TPSA) is 38.9 Å². The Hall–Kier alpha value is -1.97. The van der Waals surface area contributed by atoms with Crippen molar-refractivity contribution in [1.82, 2.24) is 4.98 Å². The number of rotatable bonds is 2. The molecule has 0 aliphatic carbocycles. The average molecular weight is 287 g/mol. The molecule has 0 saturated heterocycles. The van der Waals surface area contributed by atoms with Crippen molar-refractivity contribution >= 4 is 22.4 Å². The largest absolute Gasteiger partial charge is 0.320 e. The third kappa shape index (κ3) is 2.26. The minimum absolute atomic E-state index is 0.337. The summed E-state index contributed by atoms with van der Waals surface area (Å²) >= 11 is 6.09. The van der Waals surface area contributed by atoms with Crippen molar-refractivity contribution in [1.29, 1.82) is 0 Å². The van der Waals surface area contributed by atoms with E-state index in [-0.39, 0.29) is 5.82 Å². The second-order valence-corrected chi connectivity index (χ2v) is 4.99. The van der Waals surface area contributed by atoms with Crippen LogP contribution in [0.3, 0.4) is 0 Å². The van der Waals surface area contributed by atoms with E-state index in [9.17, 15) is 4.39 Å². The number of pyridine rings is 1. The van der Waals surface area contributed by atoms with Crippen LogP contribution in [0.15, 0.2) is 54.9 Å². The van der Waals surface area contributed by atoms with Gasteiger partial charge in [-0.2, -0.15) is 0 Å². The van der Waals surface area contributed by atoms with Gasteiger partial charge in [0, 0.05) is 22.8 Å². The molecular weight excluding hydrogens is 275 g/mol. The number of nitrogens with two attached hydrogens (primary N) is 1. The van der Waals surface area contributed by atoms with Crippen molar-refractivity contribution in [2.75, 3.05) is 0 Å². The zero-order chi connectivity index (χ0) is 14.1. The van der Waals surface area contributed by atoms with Crippen LogP contribution in [0.5, 0.6) is 0 Å². The second-order valence-electron chi connectivity index (χ2n) is 4.59. The molecule has 0 bridgehead atoms. The van der Waals surface area contributed by atoms with E-state index >= 15 is 0 Å². The van der Waals surface area contributed by atoms with Crippen LogP contribution in [0.2, 0.25) is 5.02 Å². The van der Waals surface area contributed by atoms with Crippen LogP contribution < -0.4 is 5.73 Å². The number of aromatic nitrogens is 1. The minimum Gasteiger partial charge on any atom is -0.320 e. The van der Waals surface area contributed by atoms with E-state index in [0.717, 1.165) is 16.3 Å². The lowest BCUT2D eigenvalue weighted by atomic mass is 9.95. The second kappa shape index (κ2) is 5.19. The number of fused-ring (bicyclic) bond motifs is 1. The molecule has 2 aromatic carbocycles. The molecule has 1 aromatic heterocycles. The van der Waals surface area contributed by atoms with Gasteiger partial charge in [-0.05, 0) is 34.7 Å². The molecular formula is C16H12ClFN2. The first-order valence-electron chi connectivity index (χ1n) is 6.20. The van der Waals surface area contributed by atoms with Gasteiger partial charge in [0.15, 0.2) is 0 Å². The lowest BCUT2D eigenvalue weighted by Gasteiger charge is -2.16. The summed E-state index contributed by atoms with van der Waals surface area (Å²) in [5.74, 6) is -0.368. The Labute approximate surface area is 121 Å². The molecule has 0 aliphatic heterocycles. The van der Waals surface area contributed by atoms with E-state index in [2.05, 4.69) is 4.98 Å². The first kappa shape index (κ1) is 13.0. The van der Waals surface area contributed by atoms with E-state index in [1.807, 2.05) is 24.3 Å². The summed E-state index contributed by atoms with van der Waals surface area (Å²) in [6.07, 6.45) is 3.52. The molecule has 0 spiro atoms. The summed E-state index contributed by atoms with van der Waals surface area (Å²) in [6.45, 7) is 0. The fourth-order valence-electron chi connectivity index (χ4n) is 2.34. The first-order chi connectivity index (χ1) is 9.66. The fourth-order valence-corrected chi connectivity index (χ4v) is 2.62. The molecule has 20 heavy (non-hydrogen) atoms. The third-order valence-corrected chi connectivity index (χ3v) is 3.67. The van der Waals surface area contributed by atoms with Crippen molar-refractivity contribution < 1.29 is 4.39 Å². The SMILES string of the molecule is NC(c1ccc(F)cc1Cl)c1cccc2cnccc12. The van der Waals surface area contributed by atoms with Crippen LogP contribution in [0.1, 0.15) is 17.2 Å². The highest BCUT2D eigenvalue weighted by atomic mass is 35.5. The lowest BCUT2D eigenvalue weighted by molar-refractivity contribution is 0.626. The molecule has 3 rings (SSSR count). The predicted octanol–water partition coefficient (Wildman–Crippen LogP) is 4.08. The highest BCUT2D eigenvalue weighted by molar-refractivity contribution is 6.31. The van der Waals surface area contributed by atoms with Gasteiger partial charge < -0.3 is 5.73 Å². The van der Waals surface area contributed by atoms with Gasteiger partial charge in [0.05, 0.1) is 6.04 Å². The standard InChI is InChI=1S/C16H12ClFN2/c17-15-8-11(18)4-5-14(15)16(19)13-3-1-2-10-9-20-7-6-12(10)13/h1-9,16H,19H2. The summed E-state index contributed by atoms with van der Waals surface area (Å²) < 4.78 is 13.1. The van der Waals surface area contributed by atoms with E-state index in [1.54, 1.807) is 18.5 Å². The van der Waals surface area contributed by atoms with Gasteiger partial charge in [-0.1, -0.05) is 35.9 Å². The van der Waals surface area contributed by atoms with Crippen molar-refractivity contribution in [3.8, 4) is 0 Å². The van der Waals surface area contributed by atoms with E-state index in [1.165, 1.54) is 12.1 Å². The molecule has 4 heteroatoms. The Balaban J connectivity index is 2.15. The van der Waals surface area contributed by atoms with Crippen LogP contribution in [0.25, 0.3) is 10.8 Å². The van der Waals surface area contributed by atoms with Crippen LogP contribution in [-0.4, -0.2) is 4.98 Å². The maximum absolute atomic E-state index is 13.1. The van der Waals surface area contributed by atoms with E-state index in [0.29, 0.717) is 10.6 Å². The minimum atomic E-state index is -0.408. The van der Waals surface area contributed by atoms with Gasteiger partial charge in [0.1, 0.15) is 5.82 Å². The monoisotopic (exact) mass is 286 g/mol. The van der Waals surface area contributed by atoms with Crippen LogP contribution in [0, 0.1) is 5.82 Å². The number of benzene rings is 2.